The molecule has 0 bridgehead atoms. The van der Waals surface area contributed by atoms with E-state index in [0.717, 1.165) is 0 Å². The van der Waals surface area contributed by atoms with Gasteiger partial charge in [-0.15, -0.1) is 0 Å². The smallest absolute Gasteiger partial charge is 0.304 e. The van der Waals surface area contributed by atoms with Gasteiger partial charge in [-0.1, -0.05) is 33.9 Å². The Kier molecular flexibility index (Phi) is 3.42. The Labute approximate surface area is 103 Å². The monoisotopic (exact) mass is 258 g/mol. The molecular weight excluding hydrogens is 236 g/mol. The largest absolute Gasteiger partial charge is 0.440 e. The van der Waals surface area contributed by atoms with Crippen LogP contribution in [-0.4, -0.2) is 36.9 Å². The highest BCUT2D eigenvalue weighted by molar-refractivity contribution is 6.80. The van der Waals surface area contributed by atoms with Gasteiger partial charge in [0.05, 0.1) is 0 Å². The number of ether oxygens (including phenoxy) is 1. The van der Waals surface area contributed by atoms with E-state index in [9.17, 15) is 9.59 Å². The van der Waals surface area contributed by atoms with Crippen molar-refractivity contribution in [3.05, 3.63) is 0 Å². The van der Waals surface area contributed by atoms with E-state index in [-0.39, 0.29) is 10.9 Å². The SMILES string of the molecule is CC(=O)OC1C(N)C(=O)N1[Si](C)(C)C(C)(C)C. The zero-order valence-electron chi connectivity index (χ0n) is 11.4. The summed E-state index contributed by atoms with van der Waals surface area (Å²) in [7, 11) is -2.03. The molecule has 1 rings (SSSR count). The van der Waals surface area contributed by atoms with Gasteiger partial charge < -0.3 is 15.0 Å². The molecule has 1 fully saturated rings. The first-order valence-electron chi connectivity index (χ1n) is 5.76. The maximum atomic E-state index is 11.9. The Bertz CT molecular complexity index is 349. The fraction of sp³-hybridized carbons (Fsp3) is 0.818. The van der Waals surface area contributed by atoms with Crippen LogP contribution >= 0.6 is 0 Å². The molecule has 2 atom stereocenters. The third-order valence-electron chi connectivity index (χ3n) is 3.81. The van der Waals surface area contributed by atoms with Crippen LogP contribution in [0.15, 0.2) is 0 Å². The van der Waals surface area contributed by atoms with Crippen LogP contribution in [0, 0.1) is 0 Å². The van der Waals surface area contributed by atoms with E-state index in [1.54, 1.807) is 4.57 Å². The molecule has 0 aliphatic carbocycles. The number of rotatable bonds is 2. The molecule has 2 unspecified atom stereocenters. The van der Waals surface area contributed by atoms with Gasteiger partial charge in [-0.3, -0.25) is 9.59 Å². The van der Waals surface area contributed by atoms with Crippen molar-refractivity contribution in [1.29, 1.82) is 0 Å². The second-order valence-electron chi connectivity index (χ2n) is 6.04. The van der Waals surface area contributed by atoms with Crippen molar-refractivity contribution in [2.75, 3.05) is 0 Å². The number of esters is 1. The van der Waals surface area contributed by atoms with Gasteiger partial charge in [0, 0.05) is 6.92 Å². The van der Waals surface area contributed by atoms with Gasteiger partial charge in [0.2, 0.25) is 5.91 Å². The first-order chi connectivity index (χ1) is 7.50. The number of β-lactam (4-membered cyclic amide) rings is 1. The number of hydrogen-bond acceptors (Lipinski definition) is 4. The van der Waals surface area contributed by atoms with Crippen molar-refractivity contribution >= 4 is 20.1 Å². The fourth-order valence-corrected chi connectivity index (χ4v) is 4.01. The van der Waals surface area contributed by atoms with Crippen molar-refractivity contribution in [2.45, 2.75) is 58.1 Å². The van der Waals surface area contributed by atoms with Crippen LogP contribution in [0.25, 0.3) is 0 Å². The molecule has 0 aromatic carbocycles. The number of carbonyl (C=O) groups excluding carboxylic acids is 2. The third kappa shape index (κ3) is 2.23. The zero-order valence-corrected chi connectivity index (χ0v) is 12.4. The Balaban J connectivity index is 2.96. The van der Waals surface area contributed by atoms with Crippen molar-refractivity contribution in [2.24, 2.45) is 5.73 Å². The predicted octanol–water partition coefficient (Wildman–Crippen LogP) is 1.05. The normalized spacial score (nSPS) is 25.6. The summed E-state index contributed by atoms with van der Waals surface area (Å²) < 4.78 is 6.85. The summed E-state index contributed by atoms with van der Waals surface area (Å²) in [5, 5.41) is 0.00119. The van der Waals surface area contributed by atoms with E-state index in [0.29, 0.717) is 0 Å². The molecule has 98 valence electrons. The Morgan fingerprint density at radius 1 is 1.41 bits per heavy atom. The van der Waals surface area contributed by atoms with Gasteiger partial charge in [-0.25, -0.2) is 0 Å². The van der Waals surface area contributed by atoms with Gasteiger partial charge in [0.15, 0.2) is 14.5 Å². The average Bonchev–Trinajstić information content (AvgIpc) is 2.13. The summed E-state index contributed by atoms with van der Waals surface area (Å²) in [6.45, 7) is 11.8. The Morgan fingerprint density at radius 2 is 1.88 bits per heavy atom. The minimum atomic E-state index is -2.03. The van der Waals surface area contributed by atoms with Gasteiger partial charge in [-0.2, -0.15) is 0 Å². The van der Waals surface area contributed by atoms with Crippen LogP contribution in [-0.2, 0) is 14.3 Å². The molecule has 0 saturated carbocycles. The summed E-state index contributed by atoms with van der Waals surface area (Å²) in [6, 6.07) is -0.701. The van der Waals surface area contributed by atoms with E-state index >= 15 is 0 Å². The summed E-state index contributed by atoms with van der Waals surface area (Å²) >= 11 is 0. The minimum absolute atomic E-state index is 0.00119. The van der Waals surface area contributed by atoms with Crippen molar-refractivity contribution in [1.82, 2.24) is 4.57 Å². The third-order valence-corrected chi connectivity index (χ3v) is 9.16. The number of nitrogens with zero attached hydrogens (tertiary/aromatic N) is 1. The topological polar surface area (TPSA) is 72.6 Å². The highest BCUT2D eigenvalue weighted by Gasteiger charge is 2.57. The van der Waals surface area contributed by atoms with Crippen molar-refractivity contribution in [3.8, 4) is 0 Å². The molecule has 1 aliphatic heterocycles. The lowest BCUT2D eigenvalue weighted by Crippen LogP contribution is -2.78. The van der Waals surface area contributed by atoms with E-state index in [1.165, 1.54) is 6.92 Å². The molecule has 1 amide bonds. The minimum Gasteiger partial charge on any atom is -0.440 e. The van der Waals surface area contributed by atoms with Gasteiger partial charge >= 0.3 is 5.97 Å². The molecule has 2 N–H and O–H groups in total. The molecule has 1 saturated heterocycles. The van der Waals surface area contributed by atoms with Crippen LogP contribution in [0.1, 0.15) is 27.7 Å². The fourth-order valence-electron chi connectivity index (χ4n) is 1.74. The molecule has 0 aromatic heterocycles. The first-order valence-corrected chi connectivity index (χ1v) is 8.71. The summed E-state index contributed by atoms with van der Waals surface area (Å²) in [6.07, 6.45) is -0.583. The lowest BCUT2D eigenvalue weighted by molar-refractivity contribution is -0.176. The van der Waals surface area contributed by atoms with Gasteiger partial charge in [0.1, 0.15) is 6.04 Å². The molecule has 0 aromatic rings. The number of amides is 1. The zero-order chi connectivity index (χ0) is 13.6. The van der Waals surface area contributed by atoms with Crippen molar-refractivity contribution in [3.63, 3.8) is 0 Å². The molecule has 1 aliphatic rings. The van der Waals surface area contributed by atoms with Gasteiger partial charge in [-0.05, 0) is 5.04 Å². The predicted molar refractivity (Wildman–Crippen MR) is 67.6 cm³/mol. The maximum Gasteiger partial charge on any atom is 0.304 e. The lowest BCUT2D eigenvalue weighted by atomic mass is 10.1. The van der Waals surface area contributed by atoms with E-state index < -0.39 is 26.5 Å². The van der Waals surface area contributed by atoms with Crippen molar-refractivity contribution < 1.29 is 14.3 Å². The summed E-state index contributed by atoms with van der Waals surface area (Å²) in [5.41, 5.74) is 5.70. The van der Waals surface area contributed by atoms with Crippen LogP contribution in [0.5, 0.6) is 0 Å². The number of carbonyl (C=O) groups is 2. The quantitative estimate of drug-likeness (QED) is 0.456. The molecule has 5 nitrogen and oxygen atoms in total. The van der Waals surface area contributed by atoms with E-state index in [4.69, 9.17) is 10.5 Å². The molecule has 0 radical (unpaired) electrons. The second kappa shape index (κ2) is 4.10. The van der Waals surface area contributed by atoms with Crippen LogP contribution in [0.3, 0.4) is 0 Å². The molecule has 17 heavy (non-hydrogen) atoms. The lowest BCUT2D eigenvalue weighted by Gasteiger charge is -2.56. The van der Waals surface area contributed by atoms with Gasteiger partial charge in [0.25, 0.3) is 0 Å². The van der Waals surface area contributed by atoms with E-state index in [2.05, 4.69) is 33.9 Å². The highest BCUT2D eigenvalue weighted by Crippen LogP contribution is 2.42. The van der Waals surface area contributed by atoms with Crippen LogP contribution in [0.2, 0.25) is 18.1 Å². The van der Waals surface area contributed by atoms with Crippen LogP contribution < -0.4 is 5.73 Å². The summed E-state index contributed by atoms with van der Waals surface area (Å²) in [4.78, 5) is 22.9. The Hall–Kier alpha value is -0.883. The summed E-state index contributed by atoms with van der Waals surface area (Å²) in [5.74, 6) is -0.510. The average molecular weight is 258 g/mol. The number of hydrogen-bond donors (Lipinski definition) is 1. The second-order valence-corrected chi connectivity index (χ2v) is 11.1. The highest BCUT2D eigenvalue weighted by atomic mass is 28.3. The first kappa shape index (κ1) is 14.2. The standard InChI is InChI=1S/C11H22N2O3Si/c1-7(14)16-10-8(12)9(15)13(10)17(5,6)11(2,3)4/h8,10H,12H2,1-6H3. The molecule has 1 heterocycles. The number of nitrogens with two attached hydrogens (primary N) is 1. The molecular formula is C11H22N2O3Si. The Morgan fingerprint density at radius 3 is 2.24 bits per heavy atom. The molecule has 0 spiro atoms. The van der Waals surface area contributed by atoms with Crippen LogP contribution in [0.4, 0.5) is 0 Å². The molecule has 6 heteroatoms. The van der Waals surface area contributed by atoms with E-state index in [1.807, 2.05) is 0 Å². The maximum absolute atomic E-state index is 11.9.